The highest BCUT2D eigenvalue weighted by atomic mass is 16.5. The van der Waals surface area contributed by atoms with Crippen LogP contribution in [0.1, 0.15) is 75.2 Å². The van der Waals surface area contributed by atoms with E-state index in [2.05, 4.69) is 55.8 Å². The van der Waals surface area contributed by atoms with Gasteiger partial charge in [0, 0.05) is 30.7 Å². The van der Waals surface area contributed by atoms with E-state index in [1.165, 1.54) is 31.9 Å². The van der Waals surface area contributed by atoms with Crippen molar-refractivity contribution in [2.24, 2.45) is 0 Å². The van der Waals surface area contributed by atoms with Crippen LogP contribution in [-0.4, -0.2) is 31.2 Å². The molecule has 0 atom stereocenters. The lowest BCUT2D eigenvalue weighted by atomic mass is 10.0. The van der Waals surface area contributed by atoms with Crippen molar-refractivity contribution in [2.45, 2.75) is 59.3 Å². The van der Waals surface area contributed by atoms with Gasteiger partial charge in [-0.15, -0.1) is 0 Å². The fourth-order valence-corrected chi connectivity index (χ4v) is 3.39. The van der Waals surface area contributed by atoms with E-state index in [0.717, 1.165) is 30.2 Å². The molecule has 0 N–H and O–H groups in total. The van der Waals surface area contributed by atoms with E-state index in [9.17, 15) is 4.79 Å². The van der Waals surface area contributed by atoms with Gasteiger partial charge in [-0.1, -0.05) is 46.1 Å². The summed E-state index contributed by atoms with van der Waals surface area (Å²) in [5.74, 6) is 0.898. The maximum Gasteiger partial charge on any atom is 0.341 e. The van der Waals surface area contributed by atoms with Crippen molar-refractivity contribution in [3.8, 4) is 5.75 Å². The van der Waals surface area contributed by atoms with Crippen molar-refractivity contribution in [3.05, 3.63) is 47.8 Å². The van der Waals surface area contributed by atoms with Crippen LogP contribution >= 0.6 is 0 Å². The number of rotatable bonds is 11. The molecular weight excluding hydrogens is 364 g/mol. The number of nitrogens with zero attached hydrogens (tertiary/aromatic N) is 2. The van der Waals surface area contributed by atoms with Crippen molar-refractivity contribution in [3.63, 3.8) is 0 Å². The lowest BCUT2D eigenvalue weighted by molar-refractivity contribution is 0.0601. The molecule has 0 spiro atoms. The molecule has 2 rings (SSSR count). The zero-order valence-electron chi connectivity index (χ0n) is 18.4. The van der Waals surface area contributed by atoms with Crippen molar-refractivity contribution in [1.82, 2.24) is 4.98 Å². The van der Waals surface area contributed by atoms with Gasteiger partial charge in [0.2, 0.25) is 0 Å². The van der Waals surface area contributed by atoms with Crippen LogP contribution in [0.4, 0.5) is 11.4 Å². The quantitative estimate of drug-likeness (QED) is 0.338. The van der Waals surface area contributed by atoms with E-state index in [0.29, 0.717) is 18.0 Å². The van der Waals surface area contributed by atoms with Gasteiger partial charge in [0.15, 0.2) is 0 Å². The second-order valence-corrected chi connectivity index (χ2v) is 7.41. The highest BCUT2D eigenvalue weighted by Gasteiger charge is 2.19. The van der Waals surface area contributed by atoms with E-state index < -0.39 is 5.97 Å². The third-order valence-corrected chi connectivity index (χ3v) is 5.00. The molecular formula is C24H34N2O3. The Labute approximate surface area is 175 Å². The summed E-state index contributed by atoms with van der Waals surface area (Å²) in [6.07, 6.45) is 7.95. The minimum atomic E-state index is -0.391. The molecule has 0 unspecified atom stereocenters. The third kappa shape index (κ3) is 5.96. The summed E-state index contributed by atoms with van der Waals surface area (Å²) in [6.45, 7) is 10.0. The van der Waals surface area contributed by atoms with E-state index in [1.54, 1.807) is 12.4 Å². The Kier molecular flexibility index (Phi) is 8.97. The van der Waals surface area contributed by atoms with Crippen molar-refractivity contribution in [1.29, 1.82) is 0 Å². The summed E-state index contributed by atoms with van der Waals surface area (Å²) in [5.41, 5.74) is 3.41. The second-order valence-electron chi connectivity index (χ2n) is 7.41. The first-order valence-corrected chi connectivity index (χ1v) is 10.6. The van der Waals surface area contributed by atoms with Gasteiger partial charge in [0.25, 0.3) is 0 Å². The topological polar surface area (TPSA) is 51.7 Å². The molecule has 0 aliphatic carbocycles. The predicted octanol–water partition coefficient (Wildman–Crippen LogP) is 6.11. The highest BCUT2D eigenvalue weighted by Crippen LogP contribution is 2.35. The summed E-state index contributed by atoms with van der Waals surface area (Å²) in [4.78, 5) is 18.4. The van der Waals surface area contributed by atoms with Crippen LogP contribution in [0.5, 0.6) is 5.75 Å². The third-order valence-electron chi connectivity index (χ3n) is 5.00. The second kappa shape index (κ2) is 11.4. The number of methoxy groups -OCH3 is 1. The summed E-state index contributed by atoms with van der Waals surface area (Å²) >= 11 is 0. The van der Waals surface area contributed by atoms with Gasteiger partial charge < -0.3 is 14.4 Å². The fourth-order valence-electron chi connectivity index (χ4n) is 3.39. The van der Waals surface area contributed by atoms with Gasteiger partial charge in [-0.2, -0.15) is 0 Å². The van der Waals surface area contributed by atoms with Crippen LogP contribution in [-0.2, 0) is 4.74 Å². The molecule has 1 aromatic heterocycles. The maximum atomic E-state index is 12.2. The number of esters is 1. The molecule has 0 saturated heterocycles. The van der Waals surface area contributed by atoms with Gasteiger partial charge >= 0.3 is 5.97 Å². The van der Waals surface area contributed by atoms with Crippen molar-refractivity contribution < 1.29 is 14.3 Å². The Bertz CT molecular complexity index is 789. The Morgan fingerprint density at radius 2 is 1.93 bits per heavy atom. The van der Waals surface area contributed by atoms with Crippen LogP contribution < -0.4 is 9.64 Å². The number of benzene rings is 1. The molecule has 0 bridgehead atoms. The average Bonchev–Trinajstić information content (AvgIpc) is 2.74. The van der Waals surface area contributed by atoms with Crippen LogP contribution in [0.2, 0.25) is 0 Å². The minimum Gasteiger partial charge on any atom is -0.493 e. The van der Waals surface area contributed by atoms with Crippen molar-refractivity contribution >= 4 is 17.3 Å². The summed E-state index contributed by atoms with van der Waals surface area (Å²) in [6, 6.07) is 8.14. The minimum absolute atomic E-state index is 0.372. The molecule has 0 amide bonds. The largest absolute Gasteiger partial charge is 0.493 e. The molecule has 158 valence electrons. The number of ether oxygens (including phenoxy) is 2. The van der Waals surface area contributed by atoms with Gasteiger partial charge in [0.1, 0.15) is 11.3 Å². The number of pyridine rings is 1. The molecule has 0 aliphatic rings. The number of carbonyl (C=O) groups excluding carboxylic acids is 1. The van der Waals surface area contributed by atoms with Crippen LogP contribution in [0.15, 0.2) is 36.7 Å². The summed E-state index contributed by atoms with van der Waals surface area (Å²) < 4.78 is 11.1. The lowest BCUT2D eigenvalue weighted by Gasteiger charge is -2.26. The highest BCUT2D eigenvalue weighted by molar-refractivity contribution is 5.96. The number of aromatic nitrogens is 1. The molecule has 0 radical (unpaired) electrons. The molecule has 0 saturated carbocycles. The molecule has 0 fully saturated rings. The Morgan fingerprint density at radius 1 is 1.14 bits per heavy atom. The Hall–Kier alpha value is -2.56. The van der Waals surface area contributed by atoms with Crippen LogP contribution in [0, 0.1) is 0 Å². The van der Waals surface area contributed by atoms with E-state index in [-0.39, 0.29) is 0 Å². The van der Waals surface area contributed by atoms with Gasteiger partial charge in [-0.3, -0.25) is 4.98 Å². The zero-order valence-corrected chi connectivity index (χ0v) is 18.4. The first-order valence-electron chi connectivity index (χ1n) is 10.6. The number of unbranched alkanes of at least 4 members (excludes halogenated alkanes) is 3. The normalized spacial score (nSPS) is 10.8. The predicted molar refractivity (Wildman–Crippen MR) is 118 cm³/mol. The van der Waals surface area contributed by atoms with Gasteiger partial charge in [-0.25, -0.2) is 4.79 Å². The number of carbonyl (C=O) groups is 1. The number of hydrogen-bond donors (Lipinski definition) is 0. The standard InChI is InChI=1S/C24H34N2O3/c1-6-8-9-10-15-29-23-16-19(11-12-20(23)18(3)4)26(7-2)22-13-14-25-17-21(22)24(27)28-5/h11-14,16-18H,6-10,15H2,1-5H3. The molecule has 2 aromatic rings. The van der Waals surface area contributed by atoms with Crippen LogP contribution in [0.3, 0.4) is 0 Å². The first-order chi connectivity index (χ1) is 14.0. The van der Waals surface area contributed by atoms with Gasteiger partial charge in [0.05, 0.1) is 19.4 Å². The Balaban J connectivity index is 2.35. The van der Waals surface area contributed by atoms with Gasteiger partial charge in [-0.05, 0) is 37.0 Å². The molecule has 1 aromatic carbocycles. The number of anilines is 2. The molecule has 0 aliphatic heterocycles. The molecule has 5 heteroatoms. The van der Waals surface area contributed by atoms with Crippen molar-refractivity contribution in [2.75, 3.05) is 25.2 Å². The molecule has 29 heavy (non-hydrogen) atoms. The SMILES string of the molecule is CCCCCCOc1cc(N(CC)c2ccncc2C(=O)OC)ccc1C(C)C. The number of hydrogen-bond acceptors (Lipinski definition) is 5. The maximum absolute atomic E-state index is 12.2. The first kappa shape index (κ1) is 22.7. The lowest BCUT2D eigenvalue weighted by Crippen LogP contribution is -2.20. The zero-order chi connectivity index (χ0) is 21.2. The van der Waals surface area contributed by atoms with E-state index in [4.69, 9.17) is 9.47 Å². The average molecular weight is 399 g/mol. The summed E-state index contributed by atoms with van der Waals surface area (Å²) in [7, 11) is 1.39. The molecule has 1 heterocycles. The smallest absolute Gasteiger partial charge is 0.341 e. The van der Waals surface area contributed by atoms with E-state index in [1.807, 2.05) is 6.07 Å². The van der Waals surface area contributed by atoms with E-state index >= 15 is 0 Å². The molecule has 5 nitrogen and oxygen atoms in total. The fraction of sp³-hybridized carbons (Fsp3) is 0.500. The Morgan fingerprint density at radius 3 is 2.59 bits per heavy atom. The monoisotopic (exact) mass is 398 g/mol. The summed E-state index contributed by atoms with van der Waals surface area (Å²) in [5, 5.41) is 0. The van der Waals surface area contributed by atoms with Crippen LogP contribution in [0.25, 0.3) is 0 Å².